The smallest absolute Gasteiger partial charge is 0.124 e. The summed E-state index contributed by atoms with van der Waals surface area (Å²) in [5, 5.41) is 28.4. The van der Waals surface area contributed by atoms with E-state index in [0.717, 1.165) is 0 Å². The van der Waals surface area contributed by atoms with E-state index in [-0.39, 0.29) is 29.8 Å². The van der Waals surface area contributed by atoms with Crippen LogP contribution in [-0.4, -0.2) is 21.4 Å². The van der Waals surface area contributed by atoms with E-state index in [1.807, 2.05) is 13.8 Å². The molecular weight excluding hydrogens is 230 g/mol. The normalized spacial score (nSPS) is 14.3. The molecule has 2 atom stereocenters. The molecule has 0 amide bonds. The van der Waals surface area contributed by atoms with E-state index in [0.29, 0.717) is 5.56 Å². The summed E-state index contributed by atoms with van der Waals surface area (Å²) in [7, 11) is 0. The van der Waals surface area contributed by atoms with E-state index < -0.39 is 12.1 Å². The third-order valence-electron chi connectivity index (χ3n) is 2.42. The maximum absolute atomic E-state index is 9.74. The molecule has 0 spiro atoms. The van der Waals surface area contributed by atoms with Crippen molar-refractivity contribution in [2.45, 2.75) is 26.0 Å². The van der Waals surface area contributed by atoms with Gasteiger partial charge in [0, 0.05) is 11.6 Å². The van der Waals surface area contributed by atoms with Crippen molar-refractivity contribution in [3.63, 3.8) is 0 Å². The minimum absolute atomic E-state index is 0. The molecule has 0 fully saturated rings. The largest absolute Gasteiger partial charge is 0.508 e. The molecule has 0 bridgehead atoms. The molecule has 0 radical (unpaired) electrons. The Morgan fingerprint density at radius 2 is 1.75 bits per heavy atom. The topological polar surface area (TPSA) is 86.7 Å². The van der Waals surface area contributed by atoms with Gasteiger partial charge in [-0.1, -0.05) is 13.8 Å². The number of phenolic OH excluding ortho intramolecular Hbond substituents is 2. The molecule has 16 heavy (non-hydrogen) atoms. The van der Waals surface area contributed by atoms with Gasteiger partial charge in [0.15, 0.2) is 0 Å². The SMILES string of the molecule is CC(C)[C@H](O)[C@H](N)c1ccc(O)cc1O.Cl. The van der Waals surface area contributed by atoms with Crippen LogP contribution in [0.3, 0.4) is 0 Å². The fraction of sp³-hybridized carbons (Fsp3) is 0.455. The van der Waals surface area contributed by atoms with Gasteiger partial charge in [-0.15, -0.1) is 12.4 Å². The number of halogens is 1. The van der Waals surface area contributed by atoms with Crippen molar-refractivity contribution in [2.24, 2.45) is 11.7 Å². The second-order valence-electron chi connectivity index (χ2n) is 4.00. The number of hydrogen-bond donors (Lipinski definition) is 4. The highest BCUT2D eigenvalue weighted by atomic mass is 35.5. The highest BCUT2D eigenvalue weighted by Gasteiger charge is 2.22. The predicted molar refractivity (Wildman–Crippen MR) is 64.8 cm³/mol. The standard InChI is InChI=1S/C11H17NO3.ClH/c1-6(2)11(15)10(12)8-4-3-7(13)5-9(8)14;/h3-6,10-11,13-15H,12H2,1-2H3;1H/t10-,11+;/m1./s1. The lowest BCUT2D eigenvalue weighted by Crippen LogP contribution is -2.30. The van der Waals surface area contributed by atoms with Crippen molar-refractivity contribution in [3.05, 3.63) is 23.8 Å². The first-order chi connectivity index (χ1) is 6.93. The number of aliphatic hydroxyl groups excluding tert-OH is 1. The number of hydrogen-bond acceptors (Lipinski definition) is 4. The minimum Gasteiger partial charge on any atom is -0.508 e. The Morgan fingerprint density at radius 1 is 1.19 bits per heavy atom. The quantitative estimate of drug-likeness (QED) is 0.653. The van der Waals surface area contributed by atoms with E-state index in [2.05, 4.69) is 0 Å². The highest BCUT2D eigenvalue weighted by molar-refractivity contribution is 5.85. The van der Waals surface area contributed by atoms with Crippen LogP contribution in [0.4, 0.5) is 0 Å². The van der Waals surface area contributed by atoms with Gasteiger partial charge in [0.25, 0.3) is 0 Å². The van der Waals surface area contributed by atoms with Gasteiger partial charge in [0.2, 0.25) is 0 Å². The van der Waals surface area contributed by atoms with E-state index in [1.165, 1.54) is 18.2 Å². The molecule has 0 aliphatic heterocycles. The zero-order valence-corrected chi connectivity index (χ0v) is 10.1. The lowest BCUT2D eigenvalue weighted by Gasteiger charge is -2.23. The fourth-order valence-electron chi connectivity index (χ4n) is 1.41. The fourth-order valence-corrected chi connectivity index (χ4v) is 1.41. The molecule has 1 aromatic carbocycles. The molecule has 5 N–H and O–H groups in total. The Kier molecular flexibility index (Phi) is 5.58. The highest BCUT2D eigenvalue weighted by Crippen LogP contribution is 2.29. The van der Waals surface area contributed by atoms with Gasteiger partial charge < -0.3 is 21.1 Å². The van der Waals surface area contributed by atoms with Gasteiger partial charge in [-0.25, -0.2) is 0 Å². The Labute approximate surface area is 101 Å². The average Bonchev–Trinajstić information content (AvgIpc) is 2.15. The zero-order chi connectivity index (χ0) is 11.6. The van der Waals surface area contributed by atoms with E-state index in [1.54, 1.807) is 0 Å². The van der Waals surface area contributed by atoms with Crippen LogP contribution < -0.4 is 5.73 Å². The third-order valence-corrected chi connectivity index (χ3v) is 2.42. The first-order valence-corrected chi connectivity index (χ1v) is 4.89. The number of nitrogens with two attached hydrogens (primary N) is 1. The van der Waals surface area contributed by atoms with Crippen LogP contribution in [0.2, 0.25) is 0 Å². The second-order valence-corrected chi connectivity index (χ2v) is 4.00. The van der Waals surface area contributed by atoms with Crippen LogP contribution in [0.5, 0.6) is 11.5 Å². The lowest BCUT2D eigenvalue weighted by molar-refractivity contribution is 0.0969. The van der Waals surface area contributed by atoms with Crippen molar-refractivity contribution < 1.29 is 15.3 Å². The maximum Gasteiger partial charge on any atom is 0.124 e. The molecule has 0 aliphatic carbocycles. The van der Waals surface area contributed by atoms with Crippen LogP contribution in [0, 0.1) is 5.92 Å². The lowest BCUT2D eigenvalue weighted by atomic mass is 9.94. The molecule has 92 valence electrons. The van der Waals surface area contributed by atoms with Crippen molar-refractivity contribution in [2.75, 3.05) is 0 Å². The molecule has 0 saturated carbocycles. The van der Waals surface area contributed by atoms with Crippen molar-refractivity contribution in [3.8, 4) is 11.5 Å². The van der Waals surface area contributed by atoms with Crippen LogP contribution in [0.25, 0.3) is 0 Å². The van der Waals surface area contributed by atoms with Crippen LogP contribution >= 0.6 is 12.4 Å². The first kappa shape index (κ1) is 15.0. The predicted octanol–water partition coefficient (Wildman–Crippen LogP) is 1.54. The summed E-state index contributed by atoms with van der Waals surface area (Å²) in [5.41, 5.74) is 6.24. The van der Waals surface area contributed by atoms with E-state index in [4.69, 9.17) is 10.8 Å². The van der Waals surface area contributed by atoms with Crippen LogP contribution in [0.1, 0.15) is 25.5 Å². The number of phenols is 2. The van der Waals surface area contributed by atoms with Gasteiger partial charge in [-0.05, 0) is 18.1 Å². The van der Waals surface area contributed by atoms with Gasteiger partial charge in [-0.2, -0.15) is 0 Å². The first-order valence-electron chi connectivity index (χ1n) is 4.89. The zero-order valence-electron chi connectivity index (χ0n) is 9.29. The van der Waals surface area contributed by atoms with Crippen molar-refractivity contribution >= 4 is 12.4 Å². The molecule has 1 rings (SSSR count). The number of benzene rings is 1. The Morgan fingerprint density at radius 3 is 2.19 bits per heavy atom. The van der Waals surface area contributed by atoms with Gasteiger partial charge in [0.1, 0.15) is 11.5 Å². The number of rotatable bonds is 3. The third kappa shape index (κ3) is 3.27. The van der Waals surface area contributed by atoms with Gasteiger partial charge in [0.05, 0.1) is 12.1 Å². The van der Waals surface area contributed by atoms with E-state index in [9.17, 15) is 10.2 Å². The van der Waals surface area contributed by atoms with Crippen LogP contribution in [-0.2, 0) is 0 Å². The van der Waals surface area contributed by atoms with E-state index >= 15 is 0 Å². The summed E-state index contributed by atoms with van der Waals surface area (Å²) in [5.74, 6) is -0.113. The summed E-state index contributed by atoms with van der Waals surface area (Å²) < 4.78 is 0. The minimum atomic E-state index is -0.722. The second kappa shape index (κ2) is 5.94. The van der Waals surface area contributed by atoms with Crippen molar-refractivity contribution in [1.82, 2.24) is 0 Å². The molecular formula is C11H18ClNO3. The number of aromatic hydroxyl groups is 2. The molecule has 0 aromatic heterocycles. The Bertz CT molecular complexity index is 344. The number of aliphatic hydroxyl groups is 1. The maximum atomic E-state index is 9.74. The molecule has 4 nitrogen and oxygen atoms in total. The summed E-state index contributed by atoms with van der Waals surface area (Å²) in [6.07, 6.45) is -0.722. The molecule has 1 aromatic rings. The summed E-state index contributed by atoms with van der Waals surface area (Å²) in [4.78, 5) is 0. The van der Waals surface area contributed by atoms with Gasteiger partial charge in [-0.3, -0.25) is 0 Å². The van der Waals surface area contributed by atoms with Crippen LogP contribution in [0.15, 0.2) is 18.2 Å². The molecule has 5 heteroatoms. The molecule has 0 unspecified atom stereocenters. The summed E-state index contributed by atoms with van der Waals surface area (Å²) in [6, 6.07) is 3.51. The monoisotopic (exact) mass is 247 g/mol. The molecule has 0 saturated heterocycles. The summed E-state index contributed by atoms with van der Waals surface area (Å²) in [6.45, 7) is 3.70. The Balaban J connectivity index is 0.00000225. The Hall–Kier alpha value is -0.970. The summed E-state index contributed by atoms with van der Waals surface area (Å²) >= 11 is 0. The average molecular weight is 248 g/mol. The molecule has 0 aliphatic rings. The molecule has 0 heterocycles. The van der Waals surface area contributed by atoms with Gasteiger partial charge >= 0.3 is 0 Å². The van der Waals surface area contributed by atoms with Crippen molar-refractivity contribution in [1.29, 1.82) is 0 Å².